The summed E-state index contributed by atoms with van der Waals surface area (Å²) in [7, 11) is 0. The van der Waals surface area contributed by atoms with Crippen molar-refractivity contribution in [1.82, 2.24) is 15.4 Å². The third-order valence-electron chi connectivity index (χ3n) is 4.91. The molecule has 5 rings (SSSR count). The van der Waals surface area contributed by atoms with E-state index < -0.39 is 0 Å². The highest BCUT2D eigenvalue weighted by Gasteiger charge is 2.25. The quantitative estimate of drug-likeness (QED) is 0.683. The van der Waals surface area contributed by atoms with Crippen LogP contribution in [0.5, 0.6) is 0 Å². The maximum absolute atomic E-state index is 6.09. The van der Waals surface area contributed by atoms with E-state index in [0.717, 1.165) is 44.4 Å². The van der Waals surface area contributed by atoms with Gasteiger partial charge in [0, 0.05) is 40.2 Å². The van der Waals surface area contributed by atoms with Crippen LogP contribution < -0.4 is 10.7 Å². The maximum Gasteiger partial charge on any atom is 0.106 e. The minimum absolute atomic E-state index is 0.674. The predicted octanol–water partition coefficient (Wildman–Crippen LogP) is 4.71. The number of aromatic nitrogens is 1. The van der Waals surface area contributed by atoms with Gasteiger partial charge in [0.2, 0.25) is 0 Å². The molecule has 3 aromatic rings. The predicted molar refractivity (Wildman–Crippen MR) is 114 cm³/mol. The standard InChI is InChI=1S/C22H18ClN5/c23-16-5-3-4-15(10-16)11-26-28-13-19-17-8-9-24-12-21(17)27-20-7-2-1-6-18(20)22(19)25-14-28/h1-10,12,14,26-27H,11,13H2. The number of benzene rings is 2. The molecule has 1 aromatic heterocycles. The van der Waals surface area contributed by atoms with Gasteiger partial charge in [-0.3, -0.25) is 9.99 Å². The Morgan fingerprint density at radius 1 is 1.04 bits per heavy atom. The van der Waals surface area contributed by atoms with Gasteiger partial charge in [-0.05, 0) is 29.8 Å². The second-order valence-corrected chi connectivity index (χ2v) is 7.19. The van der Waals surface area contributed by atoms with E-state index in [0.29, 0.717) is 13.1 Å². The molecule has 0 bridgehead atoms. The molecule has 0 fully saturated rings. The van der Waals surface area contributed by atoms with E-state index in [-0.39, 0.29) is 0 Å². The molecule has 6 heteroatoms. The van der Waals surface area contributed by atoms with Crippen LogP contribution in [0, 0.1) is 0 Å². The van der Waals surface area contributed by atoms with Crippen LogP contribution in [0.4, 0.5) is 11.4 Å². The zero-order valence-electron chi connectivity index (χ0n) is 15.1. The molecular weight excluding hydrogens is 370 g/mol. The molecule has 2 N–H and O–H groups in total. The second kappa shape index (κ2) is 7.11. The van der Waals surface area contributed by atoms with Crippen molar-refractivity contribution in [3.05, 3.63) is 88.7 Å². The molecule has 0 amide bonds. The van der Waals surface area contributed by atoms with Crippen molar-refractivity contribution < 1.29 is 0 Å². The molecular formula is C22H18ClN5. The highest BCUT2D eigenvalue weighted by Crippen LogP contribution is 2.40. The number of aliphatic imine (C=N–C) groups is 1. The van der Waals surface area contributed by atoms with Gasteiger partial charge in [-0.2, -0.15) is 0 Å². The van der Waals surface area contributed by atoms with E-state index in [2.05, 4.69) is 33.9 Å². The molecule has 0 saturated heterocycles. The van der Waals surface area contributed by atoms with Crippen molar-refractivity contribution in [2.45, 2.75) is 6.54 Å². The Kier molecular flexibility index (Phi) is 4.31. The number of fused-ring (bicyclic) bond motifs is 4. The first-order valence-corrected chi connectivity index (χ1v) is 9.48. The molecule has 2 aliphatic heterocycles. The van der Waals surface area contributed by atoms with Crippen molar-refractivity contribution in [3.8, 4) is 0 Å². The first kappa shape index (κ1) is 17.0. The lowest BCUT2D eigenvalue weighted by atomic mass is 9.99. The van der Waals surface area contributed by atoms with Crippen LogP contribution in [0.15, 0.2) is 72.0 Å². The fraction of sp³-hybridized carbons (Fsp3) is 0.0909. The molecule has 0 aliphatic carbocycles. The zero-order valence-corrected chi connectivity index (χ0v) is 15.8. The zero-order chi connectivity index (χ0) is 18.9. The third-order valence-corrected chi connectivity index (χ3v) is 5.15. The second-order valence-electron chi connectivity index (χ2n) is 6.76. The smallest absolute Gasteiger partial charge is 0.106 e. The van der Waals surface area contributed by atoms with E-state index >= 15 is 0 Å². The molecule has 2 aromatic carbocycles. The highest BCUT2D eigenvalue weighted by atomic mass is 35.5. The van der Waals surface area contributed by atoms with Crippen LogP contribution in [-0.4, -0.2) is 22.9 Å². The summed E-state index contributed by atoms with van der Waals surface area (Å²) in [6, 6.07) is 18.1. The average Bonchev–Trinajstić information content (AvgIpc) is 2.87. The summed E-state index contributed by atoms with van der Waals surface area (Å²) in [6.07, 6.45) is 5.54. The van der Waals surface area contributed by atoms with E-state index in [1.54, 1.807) is 0 Å². The number of anilines is 2. The Morgan fingerprint density at radius 2 is 1.96 bits per heavy atom. The molecule has 0 spiro atoms. The van der Waals surface area contributed by atoms with Gasteiger partial charge < -0.3 is 5.32 Å². The lowest BCUT2D eigenvalue weighted by Gasteiger charge is -2.27. The van der Waals surface area contributed by atoms with E-state index in [4.69, 9.17) is 16.6 Å². The summed E-state index contributed by atoms with van der Waals surface area (Å²) in [6.45, 7) is 1.37. The Balaban J connectivity index is 1.47. The number of nitrogens with zero attached hydrogens (tertiary/aromatic N) is 3. The summed E-state index contributed by atoms with van der Waals surface area (Å²) >= 11 is 6.09. The molecule has 2 aliphatic rings. The fourth-order valence-electron chi connectivity index (χ4n) is 3.57. The van der Waals surface area contributed by atoms with Gasteiger partial charge in [0.25, 0.3) is 0 Å². The van der Waals surface area contributed by atoms with Gasteiger partial charge in [-0.15, -0.1) is 0 Å². The fourth-order valence-corrected chi connectivity index (χ4v) is 3.79. The lowest BCUT2D eigenvalue weighted by molar-refractivity contribution is 0.344. The van der Waals surface area contributed by atoms with Crippen molar-refractivity contribution in [3.63, 3.8) is 0 Å². The van der Waals surface area contributed by atoms with Gasteiger partial charge in [-0.1, -0.05) is 41.9 Å². The van der Waals surface area contributed by atoms with Gasteiger partial charge in [0.05, 0.1) is 24.1 Å². The Morgan fingerprint density at radius 3 is 2.89 bits per heavy atom. The van der Waals surface area contributed by atoms with Crippen LogP contribution >= 0.6 is 11.6 Å². The van der Waals surface area contributed by atoms with Crippen molar-refractivity contribution in [2.75, 3.05) is 11.9 Å². The van der Waals surface area contributed by atoms with Crippen LogP contribution in [0.25, 0.3) is 11.3 Å². The van der Waals surface area contributed by atoms with Crippen molar-refractivity contribution in [1.29, 1.82) is 0 Å². The number of nitrogens with one attached hydrogen (secondary N) is 2. The lowest BCUT2D eigenvalue weighted by Crippen LogP contribution is -2.39. The number of hydrazine groups is 1. The number of hydrogen-bond acceptors (Lipinski definition) is 5. The molecule has 3 heterocycles. The molecule has 0 unspecified atom stereocenters. The van der Waals surface area contributed by atoms with E-state index in [9.17, 15) is 0 Å². The van der Waals surface area contributed by atoms with Gasteiger partial charge in [-0.25, -0.2) is 10.4 Å². The number of hydrogen-bond donors (Lipinski definition) is 2. The third kappa shape index (κ3) is 3.15. The molecule has 138 valence electrons. The normalized spacial score (nSPS) is 14.7. The van der Waals surface area contributed by atoms with Crippen LogP contribution in [0.1, 0.15) is 16.7 Å². The number of pyridine rings is 1. The Bertz CT molecular complexity index is 1110. The summed E-state index contributed by atoms with van der Waals surface area (Å²) in [5.41, 5.74) is 11.0. The number of para-hydroxylation sites is 1. The molecule has 0 atom stereocenters. The minimum atomic E-state index is 0.674. The van der Waals surface area contributed by atoms with Gasteiger partial charge in [0.1, 0.15) is 6.34 Å². The van der Waals surface area contributed by atoms with Gasteiger partial charge >= 0.3 is 0 Å². The monoisotopic (exact) mass is 387 g/mol. The SMILES string of the molecule is Clc1cccc(CNN2C=NC3=C(C2)c2ccncc2Nc2ccccc23)c1. The first-order valence-electron chi connectivity index (χ1n) is 9.11. The van der Waals surface area contributed by atoms with Crippen LogP contribution in [0.2, 0.25) is 5.02 Å². The van der Waals surface area contributed by atoms with Gasteiger partial charge in [0.15, 0.2) is 0 Å². The summed E-state index contributed by atoms with van der Waals surface area (Å²) in [5, 5.41) is 6.26. The first-order chi connectivity index (χ1) is 13.8. The van der Waals surface area contributed by atoms with E-state index in [1.807, 2.05) is 60.1 Å². The van der Waals surface area contributed by atoms with Crippen molar-refractivity contribution in [2.24, 2.45) is 4.99 Å². The summed E-state index contributed by atoms with van der Waals surface area (Å²) in [4.78, 5) is 9.08. The number of halogens is 1. The molecule has 28 heavy (non-hydrogen) atoms. The molecule has 5 nitrogen and oxygen atoms in total. The number of rotatable bonds is 3. The Labute approximate surface area is 168 Å². The summed E-state index contributed by atoms with van der Waals surface area (Å²) in [5.74, 6) is 0. The largest absolute Gasteiger partial charge is 0.353 e. The Hall–Kier alpha value is -3.15. The average molecular weight is 388 g/mol. The minimum Gasteiger partial charge on any atom is -0.353 e. The molecule has 0 saturated carbocycles. The topological polar surface area (TPSA) is 52.5 Å². The van der Waals surface area contributed by atoms with Crippen LogP contribution in [0.3, 0.4) is 0 Å². The summed E-state index contributed by atoms with van der Waals surface area (Å²) < 4.78 is 0. The highest BCUT2D eigenvalue weighted by molar-refractivity contribution is 6.30. The van der Waals surface area contributed by atoms with Crippen molar-refractivity contribution >= 4 is 40.6 Å². The molecule has 0 radical (unpaired) electrons. The van der Waals surface area contributed by atoms with Crippen LogP contribution in [-0.2, 0) is 6.54 Å². The maximum atomic E-state index is 6.09. The van der Waals surface area contributed by atoms with E-state index in [1.165, 1.54) is 0 Å².